The molecule has 1 aliphatic rings. The summed E-state index contributed by atoms with van der Waals surface area (Å²) in [6.07, 6.45) is 13.8. The van der Waals surface area contributed by atoms with Gasteiger partial charge in [-0.1, -0.05) is 55.2 Å². The molecule has 0 radical (unpaired) electrons. The van der Waals surface area contributed by atoms with Crippen LogP contribution < -0.4 is 16.0 Å². The number of aliphatic hydroxyl groups is 1. The van der Waals surface area contributed by atoms with E-state index in [1.807, 2.05) is 44.6 Å². The number of rotatable bonds is 12. The lowest BCUT2D eigenvalue weighted by atomic mass is 10.1. The van der Waals surface area contributed by atoms with E-state index in [0.717, 1.165) is 59.0 Å². The molecule has 182 valence electrons. The molecule has 1 aromatic heterocycles. The normalized spacial score (nSPS) is 16.9. The van der Waals surface area contributed by atoms with Crippen LogP contribution in [0.3, 0.4) is 0 Å². The van der Waals surface area contributed by atoms with Crippen molar-refractivity contribution in [3.05, 3.63) is 63.9 Å². The summed E-state index contributed by atoms with van der Waals surface area (Å²) in [4.78, 5) is 10.2. The second kappa shape index (κ2) is 15.2. The second-order valence-electron chi connectivity index (χ2n) is 7.81. The summed E-state index contributed by atoms with van der Waals surface area (Å²) < 4.78 is 0. The molecule has 2 atom stereocenters. The molecule has 2 unspecified atom stereocenters. The molecular weight excluding hydrogens is 442 g/mol. The lowest BCUT2D eigenvalue weighted by molar-refractivity contribution is 0.350. The van der Waals surface area contributed by atoms with Crippen LogP contribution in [0.1, 0.15) is 50.2 Å². The first-order valence-electron chi connectivity index (χ1n) is 11.7. The predicted octanol–water partition coefficient (Wildman–Crippen LogP) is 4.41. The molecule has 1 aromatic rings. The predicted molar refractivity (Wildman–Crippen MR) is 147 cm³/mol. The molecule has 0 fully saturated rings. The molecule has 0 amide bonds. The van der Waals surface area contributed by atoms with Gasteiger partial charge in [-0.2, -0.15) is 0 Å². The van der Waals surface area contributed by atoms with Gasteiger partial charge in [-0.15, -0.1) is 11.3 Å². The number of likely N-dealkylation sites (N-methyl/N-ethyl adjacent to an activating group) is 1. The highest BCUT2D eigenvalue weighted by Gasteiger charge is 2.26. The highest BCUT2D eigenvalue weighted by molar-refractivity contribution is 7.10. The van der Waals surface area contributed by atoms with E-state index in [4.69, 9.17) is 10.1 Å². The fraction of sp³-hybridized carbons (Fsp3) is 0.407. The van der Waals surface area contributed by atoms with Crippen molar-refractivity contribution in [3.8, 4) is 11.8 Å². The van der Waals surface area contributed by atoms with Gasteiger partial charge in [0.15, 0.2) is 0 Å². The summed E-state index contributed by atoms with van der Waals surface area (Å²) in [5.74, 6) is 6.56. The van der Waals surface area contributed by atoms with Gasteiger partial charge in [-0.3, -0.25) is 10.3 Å². The quantitative estimate of drug-likeness (QED) is 0.203. The number of hydrogen-bond acceptors (Lipinski definition) is 7. The Balaban J connectivity index is 2.18. The van der Waals surface area contributed by atoms with Crippen LogP contribution in [-0.2, 0) is 0 Å². The minimum atomic E-state index is -0.177. The van der Waals surface area contributed by atoms with E-state index >= 15 is 0 Å². The highest BCUT2D eigenvalue weighted by atomic mass is 32.1. The Morgan fingerprint density at radius 2 is 2.24 bits per heavy atom. The third-order valence-corrected chi connectivity index (χ3v) is 6.18. The van der Waals surface area contributed by atoms with Crippen LogP contribution in [0.2, 0.25) is 0 Å². The zero-order chi connectivity index (χ0) is 24.8. The van der Waals surface area contributed by atoms with Crippen molar-refractivity contribution < 1.29 is 5.11 Å². The van der Waals surface area contributed by atoms with Gasteiger partial charge in [0.2, 0.25) is 0 Å². The van der Waals surface area contributed by atoms with Crippen molar-refractivity contribution in [2.24, 2.45) is 9.98 Å². The van der Waals surface area contributed by atoms with Crippen molar-refractivity contribution in [2.75, 3.05) is 26.7 Å². The summed E-state index contributed by atoms with van der Waals surface area (Å²) in [7, 11) is 1.97. The van der Waals surface area contributed by atoms with Crippen LogP contribution >= 0.6 is 11.3 Å². The number of fused-ring (bicyclic) bond motifs is 1. The Hall–Kier alpha value is -2.76. The largest absolute Gasteiger partial charge is 0.384 e. The van der Waals surface area contributed by atoms with Gasteiger partial charge >= 0.3 is 0 Å². The van der Waals surface area contributed by atoms with Crippen LogP contribution in [-0.4, -0.2) is 49.9 Å². The fourth-order valence-electron chi connectivity index (χ4n) is 3.28. The van der Waals surface area contributed by atoms with E-state index in [2.05, 4.69) is 64.5 Å². The molecular formula is C27H37N5OS. The van der Waals surface area contributed by atoms with Crippen molar-refractivity contribution in [1.29, 1.82) is 0 Å². The number of allylic oxidation sites excluding steroid dienone is 5. The number of thiophene rings is 1. The molecule has 0 saturated heterocycles. The molecule has 0 bridgehead atoms. The third kappa shape index (κ3) is 8.54. The molecule has 7 heteroatoms. The summed E-state index contributed by atoms with van der Waals surface area (Å²) in [5.41, 5.74) is 3.76. The van der Waals surface area contributed by atoms with Crippen LogP contribution in [0.25, 0.3) is 0 Å². The number of amidine groups is 1. The molecule has 2 heterocycles. The molecule has 6 nitrogen and oxygen atoms in total. The molecule has 4 N–H and O–H groups in total. The minimum Gasteiger partial charge on any atom is -0.384 e. The number of aliphatic hydroxyl groups excluding tert-OH is 1. The summed E-state index contributed by atoms with van der Waals surface area (Å²) in [6, 6.07) is 0.224. The standard InChI is InChI=1S/C27H37N5OS/c1-6-8-9-10-12-20(3)17-23(28-5)18-30-27-25-24(22(19-34-25)13-11-16-33)31-26(32-27)21(4)14-15-29-7-2/h8-10,12,14-15,19,23,27-28,30,33H,3,6-7,16-18H2,1-2,4-5H3,(H,31,32)/b9-8-,12-10-,21-14+,29-15-. The molecule has 2 rings (SSSR count). The smallest absolute Gasteiger partial charge is 0.131 e. The fourth-order valence-corrected chi connectivity index (χ4v) is 4.24. The highest BCUT2D eigenvalue weighted by Crippen LogP contribution is 2.37. The zero-order valence-electron chi connectivity index (χ0n) is 20.7. The van der Waals surface area contributed by atoms with Crippen LogP contribution in [0, 0.1) is 11.8 Å². The zero-order valence-corrected chi connectivity index (χ0v) is 21.5. The Morgan fingerprint density at radius 1 is 1.41 bits per heavy atom. The SMILES string of the molecule is C=C(/C=C\C=C/CC)CC(CNC1NC(/C(C)=C/C=N\CC)=Nc2c(C#CCO)csc21)NC. The maximum atomic E-state index is 9.13. The molecule has 1 aliphatic heterocycles. The molecule has 0 aliphatic carbocycles. The van der Waals surface area contributed by atoms with Crippen molar-refractivity contribution in [2.45, 2.75) is 45.8 Å². The molecule has 0 saturated carbocycles. The number of aliphatic imine (C=N–C) groups is 2. The van der Waals surface area contributed by atoms with Gasteiger partial charge in [-0.05, 0) is 45.4 Å². The monoisotopic (exact) mass is 479 g/mol. The summed E-state index contributed by atoms with van der Waals surface area (Å²) >= 11 is 1.62. The lowest BCUT2D eigenvalue weighted by Crippen LogP contribution is -2.45. The number of nitrogens with zero attached hydrogens (tertiary/aromatic N) is 2. The van der Waals surface area contributed by atoms with E-state index in [9.17, 15) is 0 Å². The first kappa shape index (κ1) is 27.5. The maximum absolute atomic E-state index is 9.13. The van der Waals surface area contributed by atoms with E-state index in [-0.39, 0.29) is 18.8 Å². The van der Waals surface area contributed by atoms with E-state index in [0.29, 0.717) is 0 Å². The van der Waals surface area contributed by atoms with Crippen molar-refractivity contribution in [1.82, 2.24) is 16.0 Å². The van der Waals surface area contributed by atoms with Crippen LogP contribution in [0.5, 0.6) is 0 Å². The summed E-state index contributed by atoms with van der Waals surface area (Å²) in [5, 5.41) is 21.7. The van der Waals surface area contributed by atoms with Gasteiger partial charge in [0, 0.05) is 30.7 Å². The maximum Gasteiger partial charge on any atom is 0.131 e. The lowest BCUT2D eigenvalue weighted by Gasteiger charge is -2.28. The van der Waals surface area contributed by atoms with Gasteiger partial charge < -0.3 is 15.7 Å². The van der Waals surface area contributed by atoms with Gasteiger partial charge in [-0.25, -0.2) is 4.99 Å². The average molecular weight is 480 g/mol. The third-order valence-electron chi connectivity index (χ3n) is 5.15. The molecule has 34 heavy (non-hydrogen) atoms. The van der Waals surface area contributed by atoms with Gasteiger partial charge in [0.25, 0.3) is 0 Å². The van der Waals surface area contributed by atoms with Crippen LogP contribution in [0.15, 0.2) is 63.5 Å². The Bertz CT molecular complexity index is 1020. The number of hydrogen-bond donors (Lipinski definition) is 4. The topological polar surface area (TPSA) is 81.0 Å². The number of nitrogens with one attached hydrogen (secondary N) is 3. The first-order valence-corrected chi connectivity index (χ1v) is 12.6. The van der Waals surface area contributed by atoms with Crippen molar-refractivity contribution >= 4 is 29.1 Å². The van der Waals surface area contributed by atoms with E-state index in [1.165, 1.54) is 0 Å². The minimum absolute atomic E-state index is 0.101. The van der Waals surface area contributed by atoms with Crippen molar-refractivity contribution in [3.63, 3.8) is 0 Å². The van der Waals surface area contributed by atoms with E-state index < -0.39 is 0 Å². The Morgan fingerprint density at radius 3 is 2.94 bits per heavy atom. The Kier molecular flexibility index (Phi) is 12.3. The molecule has 0 aromatic carbocycles. The van der Waals surface area contributed by atoms with Crippen LogP contribution in [0.4, 0.5) is 5.69 Å². The second-order valence-corrected chi connectivity index (χ2v) is 8.72. The van der Waals surface area contributed by atoms with Gasteiger partial charge in [0.05, 0.1) is 16.1 Å². The Labute approximate surface area is 208 Å². The van der Waals surface area contributed by atoms with E-state index in [1.54, 1.807) is 11.3 Å². The average Bonchev–Trinajstić information content (AvgIpc) is 3.26. The molecule has 0 spiro atoms. The first-order chi connectivity index (χ1) is 16.5. The summed E-state index contributed by atoms with van der Waals surface area (Å²) in [6.45, 7) is 11.6. The van der Waals surface area contributed by atoms with Gasteiger partial charge in [0.1, 0.15) is 18.6 Å².